The van der Waals surface area contributed by atoms with Gasteiger partial charge in [-0.3, -0.25) is 4.79 Å². The van der Waals surface area contributed by atoms with Crippen LogP contribution in [0, 0.1) is 17.7 Å². The fourth-order valence-electron chi connectivity index (χ4n) is 3.77. The summed E-state index contributed by atoms with van der Waals surface area (Å²) in [5.74, 6) is 0.606. The van der Waals surface area contributed by atoms with E-state index < -0.39 is 5.82 Å². The molecule has 1 fully saturated rings. The Morgan fingerprint density at radius 1 is 1.33 bits per heavy atom. The third kappa shape index (κ3) is 3.28. The molecule has 1 atom stereocenters. The van der Waals surface area contributed by atoms with E-state index in [4.69, 9.17) is 0 Å². The topological polar surface area (TPSA) is 60.2 Å². The third-order valence-electron chi connectivity index (χ3n) is 5.18. The Labute approximate surface area is 157 Å². The highest BCUT2D eigenvalue weighted by Gasteiger charge is 2.32. The molecule has 0 radical (unpaired) electrons. The lowest BCUT2D eigenvalue weighted by Gasteiger charge is -2.33. The molecule has 27 heavy (non-hydrogen) atoms. The SMILES string of the molecule is CC(C)C(=O)C1CCCN(c2ccc(F)c(C3=[N+]=Cc4ncccc43)n2)C1. The van der Waals surface area contributed by atoms with Crippen molar-refractivity contribution in [1.29, 1.82) is 0 Å². The van der Waals surface area contributed by atoms with Crippen molar-refractivity contribution in [2.45, 2.75) is 26.7 Å². The molecule has 2 aromatic rings. The fourth-order valence-corrected chi connectivity index (χ4v) is 3.77. The van der Waals surface area contributed by atoms with Crippen LogP contribution in [-0.4, -0.2) is 40.8 Å². The minimum absolute atomic E-state index is 0.0103. The van der Waals surface area contributed by atoms with E-state index in [9.17, 15) is 9.18 Å². The Hall–Kier alpha value is -2.85. The maximum atomic E-state index is 14.5. The van der Waals surface area contributed by atoms with Gasteiger partial charge in [-0.2, -0.15) is 0 Å². The summed E-state index contributed by atoms with van der Waals surface area (Å²) in [6, 6.07) is 6.80. The molecule has 0 N–H and O–H groups in total. The Bertz CT molecular complexity index is 962. The molecule has 0 saturated carbocycles. The lowest BCUT2D eigenvalue weighted by atomic mass is 9.88. The molecule has 0 amide bonds. The molecule has 5 nitrogen and oxygen atoms in total. The van der Waals surface area contributed by atoms with Gasteiger partial charge < -0.3 is 4.90 Å². The minimum Gasteiger partial charge on any atom is -0.356 e. The zero-order chi connectivity index (χ0) is 19.0. The summed E-state index contributed by atoms with van der Waals surface area (Å²) < 4.78 is 18.9. The van der Waals surface area contributed by atoms with Gasteiger partial charge in [-0.25, -0.2) is 14.4 Å². The molecule has 0 aliphatic carbocycles. The molecule has 0 spiro atoms. The monoisotopic (exact) mass is 365 g/mol. The Morgan fingerprint density at radius 2 is 2.19 bits per heavy atom. The van der Waals surface area contributed by atoms with E-state index >= 15 is 0 Å². The minimum atomic E-state index is -0.408. The number of aromatic nitrogens is 2. The van der Waals surface area contributed by atoms with Gasteiger partial charge in [0.15, 0.2) is 17.2 Å². The van der Waals surface area contributed by atoms with Gasteiger partial charge in [0.25, 0.3) is 0 Å². The molecule has 4 heterocycles. The molecule has 1 unspecified atom stereocenters. The molecule has 2 aromatic heterocycles. The number of anilines is 1. The van der Waals surface area contributed by atoms with Crippen molar-refractivity contribution in [2.75, 3.05) is 18.0 Å². The van der Waals surface area contributed by atoms with E-state index in [-0.39, 0.29) is 23.3 Å². The van der Waals surface area contributed by atoms with E-state index in [0.717, 1.165) is 30.6 Å². The maximum absolute atomic E-state index is 14.5. The van der Waals surface area contributed by atoms with Gasteiger partial charge in [0.1, 0.15) is 17.2 Å². The molecule has 4 rings (SSSR count). The summed E-state index contributed by atoms with van der Waals surface area (Å²) in [6.07, 6.45) is 5.16. The number of Topliss-reactive ketones (excluding diaryl/α,β-unsaturated/α-hetero) is 1. The van der Waals surface area contributed by atoms with Crippen LogP contribution in [0.25, 0.3) is 0 Å². The second-order valence-electron chi connectivity index (χ2n) is 7.39. The highest BCUT2D eigenvalue weighted by atomic mass is 19.1. The van der Waals surface area contributed by atoms with Crippen molar-refractivity contribution in [2.24, 2.45) is 11.8 Å². The number of ketones is 1. The zero-order valence-corrected chi connectivity index (χ0v) is 15.5. The van der Waals surface area contributed by atoms with Crippen LogP contribution in [0.5, 0.6) is 0 Å². The molecule has 2 aliphatic rings. The number of rotatable bonds is 4. The normalized spacial score (nSPS) is 18.6. The highest BCUT2D eigenvalue weighted by molar-refractivity contribution is 6.19. The van der Waals surface area contributed by atoms with Crippen molar-refractivity contribution < 1.29 is 9.18 Å². The van der Waals surface area contributed by atoms with Gasteiger partial charge in [-0.15, -0.1) is 0 Å². The van der Waals surface area contributed by atoms with E-state index in [1.54, 1.807) is 18.5 Å². The number of nitrogens with zero attached hydrogens (tertiary/aromatic N) is 4. The summed E-state index contributed by atoms with van der Waals surface area (Å²) >= 11 is 0. The molecule has 1 saturated heterocycles. The van der Waals surface area contributed by atoms with E-state index in [2.05, 4.69) is 19.5 Å². The summed E-state index contributed by atoms with van der Waals surface area (Å²) in [7, 11) is 0. The maximum Gasteiger partial charge on any atom is 0.365 e. The largest absolute Gasteiger partial charge is 0.365 e. The van der Waals surface area contributed by atoms with Crippen molar-refractivity contribution >= 4 is 23.5 Å². The van der Waals surface area contributed by atoms with Crippen LogP contribution in [-0.2, 0) is 4.79 Å². The van der Waals surface area contributed by atoms with Crippen LogP contribution in [0.3, 0.4) is 0 Å². The fraction of sp³-hybridized carbons (Fsp3) is 0.381. The zero-order valence-electron chi connectivity index (χ0n) is 15.5. The summed E-state index contributed by atoms with van der Waals surface area (Å²) in [6.45, 7) is 5.33. The number of carbonyl (C=O) groups excluding carboxylic acids is 1. The Balaban J connectivity index is 1.64. The lowest BCUT2D eigenvalue weighted by molar-refractivity contribution is -0.126. The molecule has 6 heteroatoms. The number of pyridine rings is 2. The van der Waals surface area contributed by atoms with E-state index in [1.807, 2.05) is 26.0 Å². The van der Waals surface area contributed by atoms with E-state index in [1.165, 1.54) is 6.07 Å². The Kier molecular flexibility index (Phi) is 4.58. The second kappa shape index (κ2) is 7.05. The van der Waals surface area contributed by atoms with Gasteiger partial charge in [-0.05, 0) is 37.1 Å². The standard InChI is InChI=1S/C21H22FN4O/c1-13(2)21(27)14-5-4-10-26(12-14)18-8-7-16(22)20(25-18)19-15-6-3-9-23-17(15)11-24-19/h3,6-9,11,13-14H,4-5,10,12H2,1-2H3/q+1. The highest BCUT2D eigenvalue weighted by Crippen LogP contribution is 2.26. The van der Waals surface area contributed by atoms with Crippen molar-refractivity contribution in [3.8, 4) is 0 Å². The average molecular weight is 365 g/mol. The lowest BCUT2D eigenvalue weighted by Crippen LogP contribution is -2.40. The third-order valence-corrected chi connectivity index (χ3v) is 5.18. The number of hydrogen-bond acceptors (Lipinski definition) is 4. The number of fused-ring (bicyclic) bond motifs is 1. The number of piperidine rings is 1. The smallest absolute Gasteiger partial charge is 0.356 e. The predicted octanol–water partition coefficient (Wildman–Crippen LogP) is 2.39. The summed E-state index contributed by atoms with van der Waals surface area (Å²) in [4.78, 5) is 23.3. The van der Waals surface area contributed by atoms with Crippen LogP contribution in [0.15, 0.2) is 30.5 Å². The average Bonchev–Trinajstić information content (AvgIpc) is 3.12. The van der Waals surface area contributed by atoms with Gasteiger partial charge in [0.05, 0.1) is 0 Å². The number of halogens is 1. The Morgan fingerprint density at radius 3 is 3.00 bits per heavy atom. The second-order valence-corrected chi connectivity index (χ2v) is 7.39. The van der Waals surface area contributed by atoms with Crippen LogP contribution in [0.4, 0.5) is 10.2 Å². The van der Waals surface area contributed by atoms with Crippen molar-refractivity contribution in [1.82, 2.24) is 14.6 Å². The van der Waals surface area contributed by atoms with Gasteiger partial charge in [0, 0.05) is 31.1 Å². The molecule has 0 aromatic carbocycles. The first kappa shape index (κ1) is 17.6. The van der Waals surface area contributed by atoms with E-state index in [0.29, 0.717) is 18.1 Å². The van der Waals surface area contributed by atoms with Gasteiger partial charge in [-0.1, -0.05) is 18.5 Å². The first-order valence-corrected chi connectivity index (χ1v) is 9.36. The molecule has 138 valence electrons. The molecular formula is C21H22FN4O+. The number of carbonyl (C=O) groups is 1. The summed E-state index contributed by atoms with van der Waals surface area (Å²) in [5, 5.41) is 0. The van der Waals surface area contributed by atoms with Crippen LogP contribution < -0.4 is 9.57 Å². The molecular weight excluding hydrogens is 343 g/mol. The molecule has 2 aliphatic heterocycles. The van der Waals surface area contributed by atoms with Crippen LogP contribution in [0.2, 0.25) is 0 Å². The molecule has 0 bridgehead atoms. The number of hydrogen-bond donors (Lipinski definition) is 0. The van der Waals surface area contributed by atoms with Crippen LogP contribution >= 0.6 is 0 Å². The first-order valence-electron chi connectivity index (χ1n) is 9.36. The van der Waals surface area contributed by atoms with Crippen LogP contribution in [0.1, 0.15) is 43.6 Å². The van der Waals surface area contributed by atoms with Gasteiger partial charge in [0.2, 0.25) is 0 Å². The first-order chi connectivity index (χ1) is 13.0. The van der Waals surface area contributed by atoms with Gasteiger partial charge >= 0.3 is 11.9 Å². The van der Waals surface area contributed by atoms with Crippen molar-refractivity contribution in [3.05, 3.63) is 53.2 Å². The predicted molar refractivity (Wildman–Crippen MR) is 104 cm³/mol. The quantitative estimate of drug-likeness (QED) is 0.666. The summed E-state index contributed by atoms with van der Waals surface area (Å²) in [5.41, 5.74) is 2.24. The van der Waals surface area contributed by atoms with Crippen molar-refractivity contribution in [3.63, 3.8) is 0 Å².